The molecule has 0 unspecified atom stereocenters. The molecule has 0 atom stereocenters. The summed E-state index contributed by atoms with van der Waals surface area (Å²) in [6.07, 6.45) is 0. The second kappa shape index (κ2) is 5.57. The third-order valence-electron chi connectivity index (χ3n) is 2.12. The maximum absolute atomic E-state index is 11.0. The minimum atomic E-state index is -0.0497. The predicted molar refractivity (Wildman–Crippen MR) is 57.1 cm³/mol. The van der Waals surface area contributed by atoms with E-state index in [0.717, 1.165) is 25.3 Å². The number of rotatable bonds is 5. The summed E-state index contributed by atoms with van der Waals surface area (Å²) in [6.45, 7) is 5.27. The van der Waals surface area contributed by atoms with E-state index in [1.165, 1.54) is 6.07 Å². The monoisotopic (exact) mass is 195 g/mol. The average Bonchev–Trinajstić information content (AvgIpc) is 2.17. The van der Waals surface area contributed by atoms with Crippen LogP contribution in [0.3, 0.4) is 0 Å². The number of nitrogens with one attached hydrogen (secondary N) is 1. The molecule has 0 aliphatic rings. The molecule has 0 saturated heterocycles. The van der Waals surface area contributed by atoms with E-state index in [9.17, 15) is 4.79 Å². The van der Waals surface area contributed by atoms with E-state index in [1.54, 1.807) is 6.07 Å². The third kappa shape index (κ3) is 3.32. The van der Waals surface area contributed by atoms with Crippen molar-refractivity contribution in [1.29, 1.82) is 0 Å². The molecule has 0 aromatic carbocycles. The van der Waals surface area contributed by atoms with Crippen LogP contribution in [0.5, 0.6) is 0 Å². The standard InChI is InChI=1S/C10H17N3O/c1-2-13(7-6-11)8-9-4-3-5-10(14)12-9/h3-5H,2,6-8,11H2,1H3,(H,12,14). The number of hydrogen-bond acceptors (Lipinski definition) is 3. The van der Waals surface area contributed by atoms with Crippen LogP contribution in [0.1, 0.15) is 12.6 Å². The van der Waals surface area contributed by atoms with E-state index in [0.29, 0.717) is 6.54 Å². The topological polar surface area (TPSA) is 62.1 Å². The number of H-pyrrole nitrogens is 1. The van der Waals surface area contributed by atoms with Gasteiger partial charge in [-0.25, -0.2) is 0 Å². The second-order valence-electron chi connectivity index (χ2n) is 3.20. The molecule has 78 valence electrons. The van der Waals surface area contributed by atoms with Crippen LogP contribution in [0.2, 0.25) is 0 Å². The van der Waals surface area contributed by atoms with E-state index in [4.69, 9.17) is 5.73 Å². The smallest absolute Gasteiger partial charge is 0.248 e. The molecule has 0 fully saturated rings. The van der Waals surface area contributed by atoms with Crippen molar-refractivity contribution < 1.29 is 0 Å². The van der Waals surface area contributed by atoms with Crippen LogP contribution in [-0.2, 0) is 6.54 Å². The maximum Gasteiger partial charge on any atom is 0.248 e. The van der Waals surface area contributed by atoms with Crippen molar-refractivity contribution in [3.63, 3.8) is 0 Å². The van der Waals surface area contributed by atoms with Gasteiger partial charge in [-0.15, -0.1) is 0 Å². The SMILES string of the molecule is CCN(CCN)Cc1cccc(=O)[nH]1. The molecule has 1 aromatic rings. The van der Waals surface area contributed by atoms with Gasteiger partial charge in [0.25, 0.3) is 0 Å². The van der Waals surface area contributed by atoms with Crippen LogP contribution >= 0.6 is 0 Å². The van der Waals surface area contributed by atoms with Crippen molar-refractivity contribution in [2.75, 3.05) is 19.6 Å². The first kappa shape index (κ1) is 10.9. The van der Waals surface area contributed by atoms with Crippen molar-refractivity contribution in [2.24, 2.45) is 5.73 Å². The molecule has 0 aliphatic carbocycles. The number of nitrogens with two attached hydrogens (primary N) is 1. The highest BCUT2D eigenvalue weighted by Crippen LogP contribution is 1.97. The van der Waals surface area contributed by atoms with Crippen LogP contribution in [0.4, 0.5) is 0 Å². The van der Waals surface area contributed by atoms with Crippen molar-refractivity contribution in [3.05, 3.63) is 34.2 Å². The highest BCUT2D eigenvalue weighted by molar-refractivity contribution is 5.03. The fraction of sp³-hybridized carbons (Fsp3) is 0.500. The Morgan fingerprint density at radius 1 is 1.50 bits per heavy atom. The predicted octanol–water partition coefficient (Wildman–Crippen LogP) is 0.155. The molecule has 0 amide bonds. The van der Waals surface area contributed by atoms with Gasteiger partial charge in [0, 0.05) is 31.4 Å². The minimum Gasteiger partial charge on any atom is -0.329 e. The molecule has 0 radical (unpaired) electrons. The molecule has 0 spiro atoms. The average molecular weight is 195 g/mol. The molecule has 0 bridgehead atoms. The number of aromatic nitrogens is 1. The second-order valence-corrected chi connectivity index (χ2v) is 3.20. The lowest BCUT2D eigenvalue weighted by molar-refractivity contribution is 0.284. The molecule has 14 heavy (non-hydrogen) atoms. The van der Waals surface area contributed by atoms with Gasteiger partial charge in [0.2, 0.25) is 5.56 Å². The van der Waals surface area contributed by atoms with Gasteiger partial charge in [-0.05, 0) is 12.6 Å². The quantitative estimate of drug-likeness (QED) is 0.703. The van der Waals surface area contributed by atoms with Crippen molar-refractivity contribution in [3.8, 4) is 0 Å². The van der Waals surface area contributed by atoms with Gasteiger partial charge >= 0.3 is 0 Å². The first-order chi connectivity index (χ1) is 6.76. The fourth-order valence-electron chi connectivity index (χ4n) is 1.36. The van der Waals surface area contributed by atoms with E-state index in [-0.39, 0.29) is 5.56 Å². The van der Waals surface area contributed by atoms with E-state index >= 15 is 0 Å². The summed E-state index contributed by atoms with van der Waals surface area (Å²) >= 11 is 0. The van der Waals surface area contributed by atoms with Crippen molar-refractivity contribution in [2.45, 2.75) is 13.5 Å². The lowest BCUT2D eigenvalue weighted by atomic mass is 10.3. The summed E-state index contributed by atoms with van der Waals surface area (Å²) in [6, 6.07) is 5.20. The zero-order chi connectivity index (χ0) is 10.4. The Hall–Kier alpha value is -1.13. The molecule has 4 nitrogen and oxygen atoms in total. The van der Waals surface area contributed by atoms with Crippen LogP contribution in [-0.4, -0.2) is 29.5 Å². The molecule has 4 heteroatoms. The number of likely N-dealkylation sites (N-methyl/N-ethyl adjacent to an activating group) is 1. The van der Waals surface area contributed by atoms with Crippen LogP contribution in [0.25, 0.3) is 0 Å². The Morgan fingerprint density at radius 2 is 2.29 bits per heavy atom. The minimum absolute atomic E-state index is 0.0497. The summed E-state index contributed by atoms with van der Waals surface area (Å²) in [5.74, 6) is 0. The largest absolute Gasteiger partial charge is 0.329 e. The highest BCUT2D eigenvalue weighted by Gasteiger charge is 2.02. The summed E-state index contributed by atoms with van der Waals surface area (Å²) in [5, 5.41) is 0. The summed E-state index contributed by atoms with van der Waals surface area (Å²) in [7, 11) is 0. The first-order valence-electron chi connectivity index (χ1n) is 4.87. The van der Waals surface area contributed by atoms with Gasteiger partial charge in [-0.2, -0.15) is 0 Å². The van der Waals surface area contributed by atoms with Gasteiger partial charge < -0.3 is 10.7 Å². The van der Waals surface area contributed by atoms with Crippen LogP contribution in [0, 0.1) is 0 Å². The summed E-state index contributed by atoms with van der Waals surface area (Å²) in [4.78, 5) is 16.0. The zero-order valence-corrected chi connectivity index (χ0v) is 8.49. The van der Waals surface area contributed by atoms with E-state index in [1.807, 2.05) is 6.07 Å². The molecule has 1 rings (SSSR count). The number of aromatic amines is 1. The Bertz CT molecular complexity index is 321. The molecular weight excluding hydrogens is 178 g/mol. The van der Waals surface area contributed by atoms with Gasteiger partial charge in [0.1, 0.15) is 0 Å². The van der Waals surface area contributed by atoms with Gasteiger partial charge in [-0.1, -0.05) is 13.0 Å². The van der Waals surface area contributed by atoms with E-state index < -0.39 is 0 Å². The Kier molecular flexibility index (Phi) is 4.35. The summed E-state index contributed by atoms with van der Waals surface area (Å²) in [5.41, 5.74) is 6.36. The van der Waals surface area contributed by atoms with Crippen molar-refractivity contribution in [1.82, 2.24) is 9.88 Å². The highest BCUT2D eigenvalue weighted by atomic mass is 16.1. The Labute approximate surface area is 83.7 Å². The molecular formula is C10H17N3O. The van der Waals surface area contributed by atoms with Crippen molar-refractivity contribution >= 4 is 0 Å². The number of hydrogen-bond donors (Lipinski definition) is 2. The molecule has 0 saturated carbocycles. The molecule has 1 heterocycles. The maximum atomic E-state index is 11.0. The lowest BCUT2D eigenvalue weighted by Gasteiger charge is -2.18. The number of nitrogens with zero attached hydrogens (tertiary/aromatic N) is 1. The van der Waals surface area contributed by atoms with Crippen LogP contribution < -0.4 is 11.3 Å². The lowest BCUT2D eigenvalue weighted by Crippen LogP contribution is -2.29. The molecule has 3 N–H and O–H groups in total. The molecule has 0 aliphatic heterocycles. The summed E-state index contributed by atoms with van der Waals surface area (Å²) < 4.78 is 0. The van der Waals surface area contributed by atoms with Gasteiger partial charge in [0.05, 0.1) is 0 Å². The zero-order valence-electron chi connectivity index (χ0n) is 8.49. The van der Waals surface area contributed by atoms with Crippen LogP contribution in [0.15, 0.2) is 23.0 Å². The fourth-order valence-corrected chi connectivity index (χ4v) is 1.36. The first-order valence-corrected chi connectivity index (χ1v) is 4.87. The third-order valence-corrected chi connectivity index (χ3v) is 2.12. The number of pyridine rings is 1. The molecule has 1 aromatic heterocycles. The Morgan fingerprint density at radius 3 is 2.86 bits per heavy atom. The Balaban J connectivity index is 2.62. The van der Waals surface area contributed by atoms with Gasteiger partial charge in [0.15, 0.2) is 0 Å². The normalized spacial score (nSPS) is 10.8. The van der Waals surface area contributed by atoms with Gasteiger partial charge in [-0.3, -0.25) is 9.69 Å². The van der Waals surface area contributed by atoms with E-state index in [2.05, 4.69) is 16.8 Å².